The number of aryl methyl sites for hydroxylation is 2. The van der Waals surface area contributed by atoms with Gasteiger partial charge in [-0.05, 0) is 48.8 Å². The maximum atomic E-state index is 13.8. The number of benzene rings is 2. The van der Waals surface area contributed by atoms with Gasteiger partial charge in [-0.25, -0.2) is 4.98 Å². The van der Waals surface area contributed by atoms with Crippen molar-refractivity contribution in [2.45, 2.75) is 58.7 Å². The second kappa shape index (κ2) is 9.29. The van der Waals surface area contributed by atoms with Crippen LogP contribution in [0.25, 0.3) is 10.2 Å². The molecular weight excluding hydrogens is 414 g/mol. The highest BCUT2D eigenvalue weighted by Crippen LogP contribution is 2.35. The number of fused-ring (bicyclic) bond motifs is 3. The van der Waals surface area contributed by atoms with Crippen LogP contribution in [0.4, 0.5) is 5.95 Å². The maximum Gasteiger partial charge on any atom is 0.263 e. The second-order valence-corrected chi connectivity index (χ2v) is 9.67. The molecule has 1 aliphatic rings. The van der Waals surface area contributed by atoms with Gasteiger partial charge >= 0.3 is 0 Å². The Bertz CT molecular complexity index is 1220. The Morgan fingerprint density at radius 1 is 0.938 bits per heavy atom. The molecule has 4 nitrogen and oxygen atoms in total. The van der Waals surface area contributed by atoms with E-state index in [1.54, 1.807) is 11.3 Å². The van der Waals surface area contributed by atoms with Gasteiger partial charge in [0.25, 0.3) is 5.56 Å². The third kappa shape index (κ3) is 4.09. The number of rotatable bonds is 7. The van der Waals surface area contributed by atoms with Crippen LogP contribution in [0.1, 0.15) is 47.8 Å². The summed E-state index contributed by atoms with van der Waals surface area (Å²) in [5.74, 6) is 0.788. The van der Waals surface area contributed by atoms with Gasteiger partial charge in [-0.3, -0.25) is 9.36 Å². The molecule has 0 atom stereocenters. The maximum absolute atomic E-state index is 13.8. The van der Waals surface area contributed by atoms with Gasteiger partial charge in [-0.1, -0.05) is 67.6 Å². The first kappa shape index (κ1) is 21.0. The van der Waals surface area contributed by atoms with Crippen molar-refractivity contribution in [1.82, 2.24) is 9.55 Å². The number of anilines is 1. The molecule has 1 aliphatic carbocycles. The predicted octanol–water partition coefficient (Wildman–Crippen LogP) is 5.95. The van der Waals surface area contributed by atoms with Crippen LogP contribution < -0.4 is 10.5 Å². The van der Waals surface area contributed by atoms with Crippen LogP contribution in [0.2, 0.25) is 0 Å². The average Bonchev–Trinajstić information content (AvgIpc) is 3.20. The summed E-state index contributed by atoms with van der Waals surface area (Å²) >= 11 is 1.73. The number of hydrogen-bond acceptors (Lipinski definition) is 4. The fourth-order valence-electron chi connectivity index (χ4n) is 4.70. The van der Waals surface area contributed by atoms with E-state index in [0.717, 1.165) is 35.4 Å². The minimum Gasteiger partial charge on any atom is -0.333 e. The van der Waals surface area contributed by atoms with E-state index in [4.69, 9.17) is 4.98 Å². The van der Waals surface area contributed by atoms with Gasteiger partial charge in [-0.2, -0.15) is 0 Å². The van der Waals surface area contributed by atoms with Gasteiger partial charge in [-0.15, -0.1) is 11.3 Å². The number of nitrogens with zero attached hydrogens (tertiary/aromatic N) is 3. The van der Waals surface area contributed by atoms with E-state index in [1.165, 1.54) is 34.4 Å². The Kier molecular flexibility index (Phi) is 6.08. The predicted molar refractivity (Wildman–Crippen MR) is 134 cm³/mol. The molecule has 0 spiro atoms. The molecular formula is C27H29N3OS. The van der Waals surface area contributed by atoms with Gasteiger partial charge < -0.3 is 4.90 Å². The smallest absolute Gasteiger partial charge is 0.263 e. The molecule has 164 valence electrons. The molecule has 2 aromatic carbocycles. The van der Waals surface area contributed by atoms with E-state index in [9.17, 15) is 4.79 Å². The van der Waals surface area contributed by atoms with Crippen molar-refractivity contribution in [3.05, 3.63) is 92.6 Å². The SMILES string of the molecule is CCCn1c(N(Cc2ccccc2)Cc2ccccc2)nc2sc3c(c2c1=O)CCCC3. The van der Waals surface area contributed by atoms with E-state index >= 15 is 0 Å². The van der Waals surface area contributed by atoms with Crippen molar-refractivity contribution >= 4 is 27.5 Å². The van der Waals surface area contributed by atoms with Gasteiger partial charge in [0.15, 0.2) is 0 Å². The molecule has 0 N–H and O–H groups in total. The summed E-state index contributed by atoms with van der Waals surface area (Å²) in [6.45, 7) is 4.23. The first-order chi connectivity index (χ1) is 15.7. The Labute approximate surface area is 193 Å². The Morgan fingerprint density at radius 2 is 1.56 bits per heavy atom. The van der Waals surface area contributed by atoms with Crippen LogP contribution in [-0.2, 0) is 32.5 Å². The van der Waals surface area contributed by atoms with Crippen LogP contribution in [-0.4, -0.2) is 9.55 Å². The number of aromatic nitrogens is 2. The minimum absolute atomic E-state index is 0.136. The van der Waals surface area contributed by atoms with Crippen molar-refractivity contribution < 1.29 is 0 Å². The molecule has 2 aromatic heterocycles. The van der Waals surface area contributed by atoms with Crippen molar-refractivity contribution in [3.63, 3.8) is 0 Å². The zero-order valence-electron chi connectivity index (χ0n) is 18.6. The third-order valence-electron chi connectivity index (χ3n) is 6.22. The van der Waals surface area contributed by atoms with E-state index in [-0.39, 0.29) is 5.56 Å². The van der Waals surface area contributed by atoms with Crippen LogP contribution >= 0.6 is 11.3 Å². The lowest BCUT2D eigenvalue weighted by Gasteiger charge is -2.27. The molecule has 32 heavy (non-hydrogen) atoms. The summed E-state index contributed by atoms with van der Waals surface area (Å²) in [6.07, 6.45) is 5.37. The largest absolute Gasteiger partial charge is 0.333 e. The minimum atomic E-state index is 0.136. The topological polar surface area (TPSA) is 38.1 Å². The van der Waals surface area contributed by atoms with E-state index < -0.39 is 0 Å². The number of hydrogen-bond donors (Lipinski definition) is 0. The molecule has 2 heterocycles. The molecule has 0 bridgehead atoms. The van der Waals surface area contributed by atoms with Crippen LogP contribution in [0.5, 0.6) is 0 Å². The van der Waals surface area contributed by atoms with Crippen molar-refractivity contribution in [2.75, 3.05) is 4.90 Å². The molecule has 5 rings (SSSR count). The number of thiophene rings is 1. The lowest BCUT2D eigenvalue weighted by molar-refractivity contribution is 0.616. The molecule has 0 saturated heterocycles. The molecule has 0 aliphatic heterocycles. The van der Waals surface area contributed by atoms with E-state index in [1.807, 2.05) is 16.7 Å². The van der Waals surface area contributed by atoms with E-state index in [0.29, 0.717) is 19.6 Å². The molecule has 5 heteroatoms. The van der Waals surface area contributed by atoms with Gasteiger partial charge in [0.2, 0.25) is 5.95 Å². The molecule has 4 aromatic rings. The van der Waals surface area contributed by atoms with Crippen molar-refractivity contribution in [2.24, 2.45) is 0 Å². The lowest BCUT2D eigenvalue weighted by atomic mass is 9.97. The van der Waals surface area contributed by atoms with Gasteiger partial charge in [0.1, 0.15) is 4.83 Å². The first-order valence-corrected chi connectivity index (χ1v) is 12.4. The molecule has 0 unspecified atom stereocenters. The monoisotopic (exact) mass is 443 g/mol. The van der Waals surface area contributed by atoms with Crippen LogP contribution in [0.3, 0.4) is 0 Å². The highest BCUT2D eigenvalue weighted by Gasteiger charge is 2.24. The standard InChI is InChI=1S/C27H29N3OS/c1-2-17-30-26(31)24-22-15-9-10-16-23(22)32-25(24)28-27(30)29(18-20-11-5-3-6-12-20)19-21-13-7-4-8-14-21/h3-8,11-14H,2,9-10,15-19H2,1H3. The second-order valence-electron chi connectivity index (χ2n) is 8.59. The summed E-state index contributed by atoms with van der Waals surface area (Å²) in [7, 11) is 0. The average molecular weight is 444 g/mol. The first-order valence-electron chi connectivity index (χ1n) is 11.6. The fourth-order valence-corrected chi connectivity index (χ4v) is 5.95. The zero-order valence-corrected chi connectivity index (χ0v) is 19.4. The Hall–Kier alpha value is -2.92. The Balaban J connectivity index is 1.66. The van der Waals surface area contributed by atoms with Crippen molar-refractivity contribution in [3.8, 4) is 0 Å². The summed E-state index contributed by atoms with van der Waals surface area (Å²) < 4.78 is 1.93. The molecule has 0 saturated carbocycles. The highest BCUT2D eigenvalue weighted by atomic mass is 32.1. The summed E-state index contributed by atoms with van der Waals surface area (Å²) in [5, 5.41) is 0.876. The third-order valence-corrected chi connectivity index (χ3v) is 7.40. The van der Waals surface area contributed by atoms with Gasteiger partial charge in [0.05, 0.1) is 5.39 Å². The highest BCUT2D eigenvalue weighted by molar-refractivity contribution is 7.18. The zero-order chi connectivity index (χ0) is 21.9. The fraction of sp³-hybridized carbons (Fsp3) is 0.333. The molecule has 0 fully saturated rings. The normalized spacial score (nSPS) is 13.3. The summed E-state index contributed by atoms with van der Waals surface area (Å²) in [4.78, 5) is 23.5. The molecule has 0 amide bonds. The van der Waals surface area contributed by atoms with E-state index in [2.05, 4.69) is 60.4 Å². The molecule has 0 radical (unpaired) electrons. The summed E-state index contributed by atoms with van der Waals surface area (Å²) in [6, 6.07) is 20.9. The van der Waals surface area contributed by atoms with Crippen LogP contribution in [0.15, 0.2) is 65.5 Å². The quantitative estimate of drug-likeness (QED) is 0.354. The summed E-state index contributed by atoms with van der Waals surface area (Å²) in [5.41, 5.74) is 3.83. The Morgan fingerprint density at radius 3 is 2.19 bits per heavy atom. The van der Waals surface area contributed by atoms with Crippen molar-refractivity contribution in [1.29, 1.82) is 0 Å². The van der Waals surface area contributed by atoms with Crippen LogP contribution in [0, 0.1) is 0 Å². The van der Waals surface area contributed by atoms with Gasteiger partial charge in [0, 0.05) is 24.5 Å². The lowest BCUT2D eigenvalue weighted by Crippen LogP contribution is -2.32.